The van der Waals surface area contributed by atoms with E-state index in [0.717, 1.165) is 37.8 Å². The molecule has 1 atom stereocenters. The van der Waals surface area contributed by atoms with Gasteiger partial charge in [0.2, 0.25) is 17.6 Å². The van der Waals surface area contributed by atoms with Crippen molar-refractivity contribution < 1.29 is 23.6 Å². The summed E-state index contributed by atoms with van der Waals surface area (Å²) in [5.41, 5.74) is 0.0569. The average molecular weight is 427 g/mol. The molecule has 4 rings (SSSR count). The summed E-state index contributed by atoms with van der Waals surface area (Å²) in [4.78, 5) is 36.5. The molecule has 1 saturated carbocycles. The third-order valence-electron chi connectivity index (χ3n) is 5.64. The molecule has 2 aromatic rings. The van der Waals surface area contributed by atoms with E-state index in [1.807, 2.05) is 6.07 Å². The van der Waals surface area contributed by atoms with E-state index in [2.05, 4.69) is 5.32 Å². The summed E-state index contributed by atoms with van der Waals surface area (Å²) < 4.78 is 19.5. The van der Waals surface area contributed by atoms with E-state index in [1.165, 1.54) is 11.0 Å². The van der Waals surface area contributed by atoms with Crippen molar-refractivity contribution in [1.82, 2.24) is 0 Å². The molecule has 1 heterocycles. The van der Waals surface area contributed by atoms with Crippen LogP contribution in [0.5, 0.6) is 5.75 Å². The fourth-order valence-electron chi connectivity index (χ4n) is 4.03. The van der Waals surface area contributed by atoms with Crippen molar-refractivity contribution in [1.29, 1.82) is 0 Å². The molecule has 1 aliphatic carbocycles. The van der Waals surface area contributed by atoms with Crippen molar-refractivity contribution in [3.8, 4) is 5.75 Å². The molecule has 0 radical (unpaired) electrons. The van der Waals surface area contributed by atoms with Crippen LogP contribution >= 0.6 is 0 Å². The second-order valence-electron chi connectivity index (χ2n) is 7.84. The Morgan fingerprint density at radius 3 is 2.71 bits per heavy atom. The molecule has 2 fully saturated rings. The van der Waals surface area contributed by atoms with Crippen LogP contribution in [0.25, 0.3) is 0 Å². The number of carbonyl (C=O) groups excluding carboxylic acids is 2. The van der Waals surface area contributed by atoms with Crippen molar-refractivity contribution in [2.24, 2.45) is 5.92 Å². The van der Waals surface area contributed by atoms with Crippen molar-refractivity contribution in [2.75, 3.05) is 16.8 Å². The molecule has 0 spiro atoms. The maximum atomic E-state index is 13.6. The molecule has 8 nitrogen and oxygen atoms in total. The van der Waals surface area contributed by atoms with E-state index in [4.69, 9.17) is 4.74 Å². The summed E-state index contributed by atoms with van der Waals surface area (Å²) in [6.45, 7) is 0.0612. The van der Waals surface area contributed by atoms with E-state index in [9.17, 15) is 24.1 Å². The number of nitrogens with one attached hydrogen (secondary N) is 1. The lowest BCUT2D eigenvalue weighted by atomic mass is 10.1. The van der Waals surface area contributed by atoms with Gasteiger partial charge in [-0.25, -0.2) is 0 Å². The zero-order chi connectivity index (χ0) is 22.0. The first-order valence-corrected chi connectivity index (χ1v) is 10.2. The summed E-state index contributed by atoms with van der Waals surface area (Å²) >= 11 is 0. The largest absolute Gasteiger partial charge is 0.490 e. The predicted molar refractivity (Wildman–Crippen MR) is 111 cm³/mol. The standard InChI is InChI=1S/C22H22FN3O5/c23-19-9-8-16(12-20(19)26(29)30)25-13-14(10-21(25)27)22(28)24-15-4-3-7-18(11-15)31-17-5-1-2-6-17/h3-4,7-9,11-12,14,17H,1-2,5-6,10,13H2,(H,24,28). The summed E-state index contributed by atoms with van der Waals surface area (Å²) in [5, 5.41) is 13.8. The number of nitro benzene ring substituents is 1. The van der Waals surface area contributed by atoms with Crippen LogP contribution in [0.3, 0.4) is 0 Å². The number of hydrogen-bond acceptors (Lipinski definition) is 5. The lowest BCUT2D eigenvalue weighted by Gasteiger charge is -2.17. The number of hydrogen-bond donors (Lipinski definition) is 1. The molecule has 2 aromatic carbocycles. The van der Waals surface area contributed by atoms with Gasteiger partial charge < -0.3 is 15.0 Å². The molecule has 1 N–H and O–H groups in total. The Kier molecular flexibility index (Phi) is 5.83. The highest BCUT2D eigenvalue weighted by Crippen LogP contribution is 2.31. The second kappa shape index (κ2) is 8.71. The number of halogens is 1. The van der Waals surface area contributed by atoms with Gasteiger partial charge in [0.15, 0.2) is 0 Å². The molecule has 0 bridgehead atoms. The molecule has 31 heavy (non-hydrogen) atoms. The first kappa shape index (κ1) is 20.8. The van der Waals surface area contributed by atoms with Gasteiger partial charge in [-0.2, -0.15) is 4.39 Å². The van der Waals surface area contributed by atoms with Crippen LogP contribution in [0.4, 0.5) is 21.5 Å². The Bertz CT molecular complexity index is 1020. The van der Waals surface area contributed by atoms with Gasteiger partial charge in [0.1, 0.15) is 5.75 Å². The van der Waals surface area contributed by atoms with Crippen LogP contribution < -0.4 is 15.0 Å². The lowest BCUT2D eigenvalue weighted by molar-refractivity contribution is -0.387. The van der Waals surface area contributed by atoms with Crippen LogP contribution in [-0.4, -0.2) is 29.4 Å². The third kappa shape index (κ3) is 4.65. The van der Waals surface area contributed by atoms with Crippen molar-refractivity contribution in [3.05, 3.63) is 58.4 Å². The molecule has 2 aliphatic rings. The number of rotatable bonds is 6. The molecule has 2 amide bonds. The monoisotopic (exact) mass is 427 g/mol. The maximum absolute atomic E-state index is 13.6. The summed E-state index contributed by atoms with van der Waals surface area (Å²) in [6, 6.07) is 10.4. The summed E-state index contributed by atoms with van der Waals surface area (Å²) in [6.07, 6.45) is 4.53. The average Bonchev–Trinajstić information content (AvgIpc) is 3.38. The van der Waals surface area contributed by atoms with Gasteiger partial charge in [-0.15, -0.1) is 0 Å². The zero-order valence-electron chi connectivity index (χ0n) is 16.8. The summed E-state index contributed by atoms with van der Waals surface area (Å²) in [7, 11) is 0. The zero-order valence-corrected chi connectivity index (χ0v) is 16.8. The minimum absolute atomic E-state index is 0.0325. The number of carbonyl (C=O) groups is 2. The quantitative estimate of drug-likeness (QED) is 0.554. The highest BCUT2D eigenvalue weighted by Gasteiger charge is 2.36. The number of ether oxygens (including phenoxy) is 1. The SMILES string of the molecule is O=C(Nc1cccc(OC2CCCC2)c1)C1CC(=O)N(c2ccc(F)c([N+](=O)[O-])c2)C1. The Morgan fingerprint density at radius 1 is 1.19 bits per heavy atom. The number of benzene rings is 2. The van der Waals surface area contributed by atoms with Gasteiger partial charge in [0, 0.05) is 30.8 Å². The number of nitrogens with zero attached hydrogens (tertiary/aromatic N) is 2. The van der Waals surface area contributed by atoms with Crippen molar-refractivity contribution in [2.45, 2.75) is 38.2 Å². The fourth-order valence-corrected chi connectivity index (χ4v) is 4.03. The first-order valence-electron chi connectivity index (χ1n) is 10.2. The minimum atomic E-state index is -0.977. The fraction of sp³-hybridized carbons (Fsp3) is 0.364. The highest BCUT2D eigenvalue weighted by atomic mass is 19.1. The number of anilines is 2. The molecule has 1 saturated heterocycles. The van der Waals surface area contributed by atoms with Gasteiger partial charge in [-0.1, -0.05) is 6.07 Å². The van der Waals surface area contributed by atoms with Gasteiger partial charge in [0.25, 0.3) is 0 Å². The second-order valence-corrected chi connectivity index (χ2v) is 7.84. The van der Waals surface area contributed by atoms with Crippen molar-refractivity contribution >= 4 is 28.9 Å². The minimum Gasteiger partial charge on any atom is -0.490 e. The lowest BCUT2D eigenvalue weighted by Crippen LogP contribution is -2.28. The Labute approximate surface area is 178 Å². The molecule has 9 heteroatoms. The van der Waals surface area contributed by atoms with Gasteiger partial charge in [-0.05, 0) is 49.9 Å². The normalized spacial score (nSPS) is 18.9. The topological polar surface area (TPSA) is 102 Å². The molecular formula is C22H22FN3O5. The first-order chi connectivity index (χ1) is 14.9. The van der Waals surface area contributed by atoms with E-state index in [0.29, 0.717) is 11.4 Å². The van der Waals surface area contributed by atoms with Gasteiger partial charge in [0.05, 0.1) is 22.6 Å². The van der Waals surface area contributed by atoms with Crippen LogP contribution in [0.1, 0.15) is 32.1 Å². The van der Waals surface area contributed by atoms with Crippen molar-refractivity contribution in [3.63, 3.8) is 0 Å². The van der Waals surface area contributed by atoms with Crippen LogP contribution in [0, 0.1) is 21.8 Å². The van der Waals surface area contributed by atoms with E-state index in [-0.39, 0.29) is 36.6 Å². The van der Waals surface area contributed by atoms with E-state index < -0.39 is 22.3 Å². The molecule has 0 aromatic heterocycles. The third-order valence-corrected chi connectivity index (χ3v) is 5.64. The summed E-state index contributed by atoms with van der Waals surface area (Å²) in [5.74, 6) is -1.59. The van der Waals surface area contributed by atoms with E-state index in [1.54, 1.807) is 18.2 Å². The number of nitro groups is 1. The molecular weight excluding hydrogens is 405 g/mol. The molecule has 162 valence electrons. The Morgan fingerprint density at radius 2 is 1.97 bits per heavy atom. The van der Waals surface area contributed by atoms with Crippen LogP contribution in [0.15, 0.2) is 42.5 Å². The molecule has 1 unspecified atom stereocenters. The Hall–Kier alpha value is -3.49. The van der Waals surface area contributed by atoms with Crippen LogP contribution in [0.2, 0.25) is 0 Å². The van der Waals surface area contributed by atoms with Gasteiger partial charge in [-0.3, -0.25) is 19.7 Å². The maximum Gasteiger partial charge on any atom is 0.306 e. The van der Waals surface area contributed by atoms with E-state index >= 15 is 0 Å². The predicted octanol–water partition coefficient (Wildman–Crippen LogP) is 4.05. The Balaban J connectivity index is 1.42. The smallest absolute Gasteiger partial charge is 0.306 e. The highest BCUT2D eigenvalue weighted by molar-refractivity contribution is 6.03. The molecule has 1 aliphatic heterocycles. The van der Waals surface area contributed by atoms with Gasteiger partial charge >= 0.3 is 5.69 Å². The van der Waals surface area contributed by atoms with Crippen LogP contribution in [-0.2, 0) is 9.59 Å². The number of amides is 2.